The van der Waals surface area contributed by atoms with Gasteiger partial charge in [-0.05, 0) is 6.92 Å². The zero-order valence-corrected chi connectivity index (χ0v) is 9.90. The highest BCUT2D eigenvalue weighted by Crippen LogP contribution is 2.21. The highest BCUT2D eigenvalue weighted by Gasteiger charge is 2.32. The third-order valence-electron chi connectivity index (χ3n) is 2.20. The summed E-state index contributed by atoms with van der Waals surface area (Å²) in [6.07, 6.45) is 1.11. The molecule has 0 amide bonds. The molecule has 0 aromatic carbocycles. The molecule has 0 saturated heterocycles. The summed E-state index contributed by atoms with van der Waals surface area (Å²) in [7, 11) is 3.24. The van der Waals surface area contributed by atoms with Crippen LogP contribution in [0.2, 0.25) is 0 Å². The number of likely N-dealkylation sites (N-methyl/N-ethyl adjacent to an activating group) is 1. The number of nitrogens with one attached hydrogen (secondary N) is 1. The molecule has 0 bridgehead atoms. The molecule has 2 N–H and O–H groups in total. The lowest BCUT2D eigenvalue weighted by Crippen LogP contribution is -2.30. The average Bonchev–Trinajstić information content (AvgIpc) is 2.23. The Morgan fingerprint density at radius 3 is 2.59 bits per heavy atom. The predicted octanol–water partition coefficient (Wildman–Crippen LogP) is 0.410. The fourth-order valence-corrected chi connectivity index (χ4v) is 1.38. The molecule has 92 valence electrons. The molecule has 6 nitrogen and oxygen atoms in total. The Balaban J connectivity index is 3.26. The molecule has 0 aromatic heterocycles. The van der Waals surface area contributed by atoms with Gasteiger partial charge in [0.1, 0.15) is 11.3 Å². The zero-order valence-electron chi connectivity index (χ0n) is 9.90. The van der Waals surface area contributed by atoms with E-state index in [0.29, 0.717) is 0 Å². The maximum absolute atomic E-state index is 11.6. The fraction of sp³-hybridized carbons (Fsp3) is 0.364. The molecule has 1 aliphatic rings. The van der Waals surface area contributed by atoms with Crippen LogP contribution in [0.15, 0.2) is 23.1 Å². The summed E-state index contributed by atoms with van der Waals surface area (Å²) in [5.41, 5.74) is -0.747. The molecule has 0 saturated carbocycles. The molecular weight excluding hydrogens is 224 g/mol. The first-order chi connectivity index (χ1) is 7.90. The number of aliphatic hydroxyl groups is 1. The predicted molar refractivity (Wildman–Crippen MR) is 60.8 cm³/mol. The Bertz CT molecular complexity index is 446. The second-order valence-electron chi connectivity index (χ2n) is 3.61. The molecule has 1 aliphatic carbocycles. The van der Waals surface area contributed by atoms with Gasteiger partial charge in [0.05, 0.1) is 12.3 Å². The highest BCUT2D eigenvalue weighted by atomic mass is 16.5. The largest absolute Gasteiger partial charge is 0.505 e. The van der Waals surface area contributed by atoms with Gasteiger partial charge < -0.3 is 14.7 Å². The molecule has 0 unspecified atom stereocenters. The molecule has 0 atom stereocenters. The maximum atomic E-state index is 11.6. The number of carbonyl (C=O) groups is 2. The number of hydrogen-bond donors (Lipinski definition) is 2. The van der Waals surface area contributed by atoms with E-state index in [2.05, 4.69) is 0 Å². The van der Waals surface area contributed by atoms with Crippen LogP contribution in [-0.2, 0) is 14.3 Å². The minimum absolute atomic E-state index is 0.109. The van der Waals surface area contributed by atoms with Gasteiger partial charge in [0, 0.05) is 20.2 Å². The highest BCUT2D eigenvalue weighted by molar-refractivity contribution is 6.54. The molecule has 0 radical (unpaired) electrons. The van der Waals surface area contributed by atoms with E-state index < -0.39 is 23.2 Å². The standard InChI is InChI=1S/C11H14N2O4/c1-4-17-11(16)8-9(12)7(14)5-6(10(8)15)13(2)3/h5,12,15H,4H2,1-3H3. The molecule has 17 heavy (non-hydrogen) atoms. The van der Waals surface area contributed by atoms with Crippen LogP contribution in [-0.4, -0.2) is 48.2 Å². The molecule has 1 rings (SSSR count). The van der Waals surface area contributed by atoms with Gasteiger partial charge in [0.2, 0.25) is 5.78 Å². The SMILES string of the molecule is CCOC(=O)C1=C(O)C(N(C)C)=CC(=O)C1=N. The Morgan fingerprint density at radius 1 is 1.53 bits per heavy atom. The van der Waals surface area contributed by atoms with Crippen molar-refractivity contribution in [2.75, 3.05) is 20.7 Å². The van der Waals surface area contributed by atoms with Crippen molar-refractivity contribution in [1.82, 2.24) is 4.90 Å². The molecule has 0 heterocycles. The average molecular weight is 238 g/mol. The Kier molecular flexibility index (Phi) is 3.67. The lowest BCUT2D eigenvalue weighted by atomic mass is 9.97. The van der Waals surface area contributed by atoms with E-state index in [1.165, 1.54) is 4.90 Å². The summed E-state index contributed by atoms with van der Waals surface area (Å²) >= 11 is 0. The summed E-state index contributed by atoms with van der Waals surface area (Å²) in [6, 6.07) is 0. The van der Waals surface area contributed by atoms with Crippen LogP contribution in [0, 0.1) is 5.41 Å². The molecule has 6 heteroatoms. The van der Waals surface area contributed by atoms with E-state index in [9.17, 15) is 14.7 Å². The number of ether oxygens (including phenoxy) is 1. The van der Waals surface area contributed by atoms with Crippen molar-refractivity contribution in [3.05, 3.63) is 23.1 Å². The van der Waals surface area contributed by atoms with Crippen LogP contribution >= 0.6 is 0 Å². The summed E-state index contributed by atoms with van der Waals surface area (Å²) in [5, 5.41) is 17.4. The van der Waals surface area contributed by atoms with E-state index in [1.807, 2.05) is 0 Å². The number of carbonyl (C=O) groups excluding carboxylic acids is 2. The summed E-state index contributed by atoms with van der Waals surface area (Å²) in [4.78, 5) is 24.5. The van der Waals surface area contributed by atoms with Gasteiger partial charge in [-0.3, -0.25) is 10.2 Å². The lowest BCUT2D eigenvalue weighted by Gasteiger charge is -2.21. The number of hydrogen-bond acceptors (Lipinski definition) is 6. The van der Waals surface area contributed by atoms with Crippen LogP contribution in [0.1, 0.15) is 6.92 Å². The van der Waals surface area contributed by atoms with Crippen LogP contribution in [0.3, 0.4) is 0 Å². The van der Waals surface area contributed by atoms with Crippen molar-refractivity contribution < 1.29 is 19.4 Å². The lowest BCUT2D eigenvalue weighted by molar-refractivity contribution is -0.138. The third-order valence-corrected chi connectivity index (χ3v) is 2.20. The molecule has 0 spiro atoms. The fourth-order valence-electron chi connectivity index (χ4n) is 1.38. The van der Waals surface area contributed by atoms with Gasteiger partial charge in [-0.25, -0.2) is 4.79 Å². The van der Waals surface area contributed by atoms with E-state index in [-0.39, 0.29) is 17.9 Å². The first kappa shape index (κ1) is 13.0. The van der Waals surface area contributed by atoms with E-state index in [4.69, 9.17) is 10.1 Å². The van der Waals surface area contributed by atoms with Gasteiger partial charge in [0.15, 0.2) is 5.76 Å². The van der Waals surface area contributed by atoms with E-state index >= 15 is 0 Å². The normalized spacial score (nSPS) is 15.8. The van der Waals surface area contributed by atoms with Crippen LogP contribution in [0.25, 0.3) is 0 Å². The molecule has 0 fully saturated rings. The summed E-state index contributed by atoms with van der Waals surface area (Å²) in [5.74, 6) is -1.90. The Morgan fingerprint density at radius 2 is 2.12 bits per heavy atom. The second-order valence-corrected chi connectivity index (χ2v) is 3.61. The first-order valence-corrected chi connectivity index (χ1v) is 5.03. The quantitative estimate of drug-likeness (QED) is 0.549. The van der Waals surface area contributed by atoms with Crippen molar-refractivity contribution >= 4 is 17.5 Å². The number of allylic oxidation sites excluding steroid dienone is 1. The van der Waals surface area contributed by atoms with Crippen LogP contribution in [0.5, 0.6) is 0 Å². The van der Waals surface area contributed by atoms with Crippen molar-refractivity contribution in [1.29, 1.82) is 5.41 Å². The maximum Gasteiger partial charge on any atom is 0.344 e. The number of rotatable bonds is 3. The van der Waals surface area contributed by atoms with Crippen LogP contribution in [0.4, 0.5) is 0 Å². The van der Waals surface area contributed by atoms with Gasteiger partial charge in [-0.15, -0.1) is 0 Å². The number of esters is 1. The molecule has 0 aliphatic heterocycles. The monoisotopic (exact) mass is 238 g/mol. The smallest absolute Gasteiger partial charge is 0.344 e. The Hall–Kier alpha value is -2.11. The Labute approximate surface area is 98.7 Å². The van der Waals surface area contributed by atoms with E-state index in [0.717, 1.165) is 6.08 Å². The van der Waals surface area contributed by atoms with Gasteiger partial charge in [-0.2, -0.15) is 0 Å². The zero-order chi connectivity index (χ0) is 13.2. The number of ketones is 1. The van der Waals surface area contributed by atoms with Crippen molar-refractivity contribution in [3.63, 3.8) is 0 Å². The van der Waals surface area contributed by atoms with Crippen molar-refractivity contribution in [2.45, 2.75) is 6.92 Å². The van der Waals surface area contributed by atoms with Gasteiger partial charge in [0.25, 0.3) is 0 Å². The number of aliphatic hydroxyl groups excluding tert-OH is 1. The van der Waals surface area contributed by atoms with Crippen LogP contribution < -0.4 is 0 Å². The molecular formula is C11H14N2O4. The van der Waals surface area contributed by atoms with Gasteiger partial charge >= 0.3 is 5.97 Å². The molecule has 0 aromatic rings. The third kappa shape index (κ3) is 2.35. The summed E-state index contributed by atoms with van der Waals surface area (Å²) < 4.78 is 4.70. The van der Waals surface area contributed by atoms with Crippen molar-refractivity contribution in [2.24, 2.45) is 0 Å². The van der Waals surface area contributed by atoms with Crippen molar-refractivity contribution in [3.8, 4) is 0 Å². The minimum atomic E-state index is -0.865. The summed E-state index contributed by atoms with van der Waals surface area (Å²) in [6.45, 7) is 1.71. The topological polar surface area (TPSA) is 90.7 Å². The second kappa shape index (κ2) is 4.82. The van der Waals surface area contributed by atoms with Gasteiger partial charge in [-0.1, -0.05) is 0 Å². The first-order valence-electron chi connectivity index (χ1n) is 5.03. The van der Waals surface area contributed by atoms with E-state index in [1.54, 1.807) is 21.0 Å². The number of nitrogens with zero attached hydrogens (tertiary/aromatic N) is 1. The minimum Gasteiger partial charge on any atom is -0.505 e.